The molecule has 0 bridgehead atoms. The number of sulfonamides is 1. The molecule has 2 amide bonds. The molecule has 2 saturated heterocycles. The van der Waals surface area contributed by atoms with E-state index < -0.39 is 15.9 Å². The molecule has 0 radical (unpaired) electrons. The average Bonchev–Trinajstić information content (AvgIpc) is 2.84. The maximum Gasteiger partial charge on any atom is 0.310 e. The molecular formula is C23H33N3O6S. The van der Waals surface area contributed by atoms with E-state index in [0.29, 0.717) is 51.9 Å². The number of likely N-dealkylation sites (N-methyl/N-ethyl adjacent to an activating group) is 1. The fourth-order valence-electron chi connectivity index (χ4n) is 4.45. The molecule has 2 fully saturated rings. The van der Waals surface area contributed by atoms with Crippen LogP contribution < -0.4 is 0 Å². The highest BCUT2D eigenvalue weighted by Crippen LogP contribution is 2.25. The van der Waals surface area contributed by atoms with Crippen LogP contribution >= 0.6 is 0 Å². The number of esters is 1. The summed E-state index contributed by atoms with van der Waals surface area (Å²) in [6.45, 7) is 3.27. The van der Waals surface area contributed by atoms with Crippen molar-refractivity contribution < 1.29 is 27.5 Å². The normalized spacial score (nSPS) is 21.9. The van der Waals surface area contributed by atoms with Crippen LogP contribution in [0, 0.1) is 11.8 Å². The van der Waals surface area contributed by atoms with Gasteiger partial charge in [-0.2, -0.15) is 4.31 Å². The molecule has 2 heterocycles. The van der Waals surface area contributed by atoms with E-state index in [0.717, 1.165) is 0 Å². The van der Waals surface area contributed by atoms with E-state index in [4.69, 9.17) is 4.74 Å². The predicted octanol–water partition coefficient (Wildman–Crippen LogP) is 1.35. The Bertz CT molecular complexity index is 952. The second-order valence-electron chi connectivity index (χ2n) is 8.64. The number of carbonyl (C=O) groups excluding carboxylic acids is 3. The lowest BCUT2D eigenvalue weighted by molar-refractivity contribution is -0.152. The van der Waals surface area contributed by atoms with Gasteiger partial charge in [-0.1, -0.05) is 18.2 Å². The first kappa shape index (κ1) is 25.2. The highest BCUT2D eigenvalue weighted by molar-refractivity contribution is 7.89. The first-order chi connectivity index (χ1) is 15.7. The molecule has 1 aromatic carbocycles. The minimum Gasteiger partial charge on any atom is -0.466 e. The zero-order valence-electron chi connectivity index (χ0n) is 19.3. The summed E-state index contributed by atoms with van der Waals surface area (Å²) in [4.78, 5) is 41.1. The zero-order chi connectivity index (χ0) is 24.0. The van der Waals surface area contributed by atoms with E-state index in [2.05, 4.69) is 0 Å². The molecule has 2 aliphatic rings. The summed E-state index contributed by atoms with van der Waals surface area (Å²) in [7, 11) is -2.10. The van der Waals surface area contributed by atoms with Crippen molar-refractivity contribution in [3.63, 3.8) is 0 Å². The minimum atomic E-state index is -3.67. The van der Waals surface area contributed by atoms with Crippen LogP contribution in [0.2, 0.25) is 0 Å². The van der Waals surface area contributed by atoms with Crippen molar-refractivity contribution in [1.82, 2.24) is 14.1 Å². The topological polar surface area (TPSA) is 104 Å². The van der Waals surface area contributed by atoms with E-state index >= 15 is 0 Å². The lowest BCUT2D eigenvalue weighted by Gasteiger charge is -2.35. The van der Waals surface area contributed by atoms with Gasteiger partial charge in [-0.25, -0.2) is 8.42 Å². The number of likely N-dealkylation sites (tertiary alicyclic amines) is 1. The molecule has 0 spiro atoms. The van der Waals surface area contributed by atoms with E-state index in [1.807, 2.05) is 0 Å². The van der Waals surface area contributed by atoms with E-state index in [1.165, 1.54) is 9.21 Å². The monoisotopic (exact) mass is 479 g/mol. The predicted molar refractivity (Wildman–Crippen MR) is 121 cm³/mol. The number of nitrogens with zero attached hydrogens (tertiary/aromatic N) is 3. The van der Waals surface area contributed by atoms with Gasteiger partial charge >= 0.3 is 5.97 Å². The van der Waals surface area contributed by atoms with Crippen LogP contribution in [-0.4, -0.2) is 86.7 Å². The van der Waals surface area contributed by atoms with Gasteiger partial charge in [0.25, 0.3) is 0 Å². The van der Waals surface area contributed by atoms with Crippen molar-refractivity contribution >= 4 is 27.8 Å². The van der Waals surface area contributed by atoms with Crippen LogP contribution in [0.1, 0.15) is 32.6 Å². The van der Waals surface area contributed by atoms with Crippen LogP contribution in [0.5, 0.6) is 0 Å². The number of ether oxygens (including phenoxy) is 1. The fraction of sp³-hybridized carbons (Fsp3) is 0.609. The SMILES string of the molecule is CCOC(=O)C1CCCN(C(=O)CN(C)C(=O)C2CCCN(S(=O)(=O)c3ccccc3)C2)C1. The second kappa shape index (κ2) is 11.1. The number of piperidine rings is 2. The van der Waals surface area contributed by atoms with Crippen LogP contribution in [0.25, 0.3) is 0 Å². The van der Waals surface area contributed by atoms with Crippen molar-refractivity contribution in [2.45, 2.75) is 37.5 Å². The molecule has 182 valence electrons. The lowest BCUT2D eigenvalue weighted by Crippen LogP contribution is -2.50. The van der Waals surface area contributed by atoms with Gasteiger partial charge in [0.05, 0.1) is 29.9 Å². The Hall–Kier alpha value is -2.46. The molecule has 1 aromatic rings. The number of rotatable bonds is 7. The Morgan fingerprint density at radius 1 is 1.03 bits per heavy atom. The summed E-state index contributed by atoms with van der Waals surface area (Å²) in [5.74, 6) is -1.58. The Labute approximate surface area is 195 Å². The second-order valence-corrected chi connectivity index (χ2v) is 10.6. The van der Waals surface area contributed by atoms with Gasteiger partial charge in [0.2, 0.25) is 21.8 Å². The minimum absolute atomic E-state index is 0.100. The van der Waals surface area contributed by atoms with E-state index in [9.17, 15) is 22.8 Å². The molecular weight excluding hydrogens is 446 g/mol. The van der Waals surface area contributed by atoms with Crippen LogP contribution in [0.15, 0.2) is 35.2 Å². The molecule has 0 aliphatic carbocycles. The maximum atomic E-state index is 13.0. The van der Waals surface area contributed by atoms with Crippen LogP contribution in [0.3, 0.4) is 0 Å². The third kappa shape index (κ3) is 6.11. The quantitative estimate of drug-likeness (QED) is 0.547. The number of benzene rings is 1. The van der Waals surface area contributed by atoms with Crippen molar-refractivity contribution in [2.24, 2.45) is 11.8 Å². The van der Waals surface area contributed by atoms with Crippen LogP contribution in [-0.2, 0) is 29.1 Å². The number of hydrogen-bond acceptors (Lipinski definition) is 6. The van der Waals surface area contributed by atoms with Gasteiger partial charge in [0.1, 0.15) is 0 Å². The van der Waals surface area contributed by atoms with Crippen molar-refractivity contribution in [3.05, 3.63) is 30.3 Å². The van der Waals surface area contributed by atoms with Crippen molar-refractivity contribution in [3.8, 4) is 0 Å². The van der Waals surface area contributed by atoms with Gasteiger partial charge in [0, 0.05) is 33.2 Å². The van der Waals surface area contributed by atoms with Crippen molar-refractivity contribution in [1.29, 1.82) is 0 Å². The molecule has 2 unspecified atom stereocenters. The smallest absolute Gasteiger partial charge is 0.310 e. The molecule has 9 nitrogen and oxygen atoms in total. The summed E-state index contributed by atoms with van der Waals surface area (Å²) in [6, 6.07) is 8.20. The largest absolute Gasteiger partial charge is 0.466 e. The summed E-state index contributed by atoms with van der Waals surface area (Å²) in [5.41, 5.74) is 0. The molecule has 33 heavy (non-hydrogen) atoms. The molecule has 2 aliphatic heterocycles. The fourth-order valence-corrected chi connectivity index (χ4v) is 6.00. The third-order valence-electron chi connectivity index (χ3n) is 6.26. The first-order valence-corrected chi connectivity index (χ1v) is 12.9. The third-order valence-corrected chi connectivity index (χ3v) is 8.14. The van der Waals surface area contributed by atoms with Gasteiger partial charge in [-0.05, 0) is 44.7 Å². The average molecular weight is 480 g/mol. The molecule has 10 heteroatoms. The van der Waals surface area contributed by atoms with Crippen molar-refractivity contribution in [2.75, 3.05) is 46.4 Å². The molecule has 3 rings (SSSR count). The summed E-state index contributed by atoms with van der Waals surface area (Å²) >= 11 is 0. The number of amides is 2. The summed E-state index contributed by atoms with van der Waals surface area (Å²) in [5, 5.41) is 0. The lowest BCUT2D eigenvalue weighted by atomic mass is 9.97. The number of hydrogen-bond donors (Lipinski definition) is 0. The van der Waals surface area contributed by atoms with Gasteiger partial charge in [-0.15, -0.1) is 0 Å². The van der Waals surface area contributed by atoms with Gasteiger partial charge < -0.3 is 14.5 Å². The van der Waals surface area contributed by atoms with Gasteiger partial charge in [-0.3, -0.25) is 14.4 Å². The maximum absolute atomic E-state index is 13.0. The molecule has 0 N–H and O–H groups in total. The highest BCUT2D eigenvalue weighted by Gasteiger charge is 2.35. The van der Waals surface area contributed by atoms with Gasteiger partial charge in [0.15, 0.2) is 0 Å². The molecule has 0 aromatic heterocycles. The molecule has 2 atom stereocenters. The van der Waals surface area contributed by atoms with Crippen LogP contribution in [0.4, 0.5) is 0 Å². The zero-order valence-corrected chi connectivity index (χ0v) is 20.1. The summed E-state index contributed by atoms with van der Waals surface area (Å²) in [6.07, 6.45) is 2.55. The molecule has 0 saturated carbocycles. The summed E-state index contributed by atoms with van der Waals surface area (Å²) < 4.78 is 32.3. The van der Waals surface area contributed by atoms with E-state index in [1.54, 1.807) is 49.2 Å². The number of carbonyl (C=O) groups is 3. The highest BCUT2D eigenvalue weighted by atomic mass is 32.2. The standard InChI is InChI=1S/C23H33N3O6S/c1-3-32-23(29)19-10-7-13-25(15-19)21(27)17-24(2)22(28)18-9-8-14-26(16-18)33(30,31)20-11-5-4-6-12-20/h4-6,11-12,18-19H,3,7-10,13-17H2,1-2H3. The Balaban J connectivity index is 1.58. The first-order valence-electron chi connectivity index (χ1n) is 11.5. The Morgan fingerprint density at radius 3 is 2.39 bits per heavy atom. The Kier molecular flexibility index (Phi) is 8.47. The van der Waals surface area contributed by atoms with E-state index in [-0.39, 0.29) is 41.7 Å². The Morgan fingerprint density at radius 2 is 1.70 bits per heavy atom.